The van der Waals surface area contributed by atoms with E-state index in [1.165, 1.54) is 0 Å². The molecule has 0 aliphatic rings. The van der Waals surface area contributed by atoms with E-state index >= 15 is 0 Å². The van der Waals surface area contributed by atoms with Gasteiger partial charge in [-0.25, -0.2) is 17.6 Å². The highest BCUT2D eigenvalue weighted by Gasteiger charge is 2.43. The second-order valence-electron chi connectivity index (χ2n) is 5.92. The second kappa shape index (κ2) is 4.40. The Bertz CT molecular complexity index is 463. The highest BCUT2D eigenvalue weighted by molar-refractivity contribution is 6.92. The Balaban J connectivity index is 3.72. The SMILES string of the molecule is [B]c1c(F)c(F)c([Si](C)(C)C(C)(C)C)c(F)c1F. The molecule has 0 aliphatic carbocycles. The summed E-state index contributed by atoms with van der Waals surface area (Å²) < 4.78 is 54.7. The molecule has 1 aromatic rings. The Morgan fingerprint density at radius 3 is 1.44 bits per heavy atom. The number of rotatable bonds is 1. The van der Waals surface area contributed by atoms with Gasteiger partial charge in [0.15, 0.2) is 23.3 Å². The lowest BCUT2D eigenvalue weighted by atomic mass is 9.94. The van der Waals surface area contributed by atoms with Crippen molar-refractivity contribution >= 4 is 26.6 Å². The first kappa shape index (κ1) is 15.3. The van der Waals surface area contributed by atoms with E-state index in [2.05, 4.69) is 0 Å². The molecule has 6 heteroatoms. The Labute approximate surface area is 107 Å². The van der Waals surface area contributed by atoms with Gasteiger partial charge in [-0.1, -0.05) is 33.9 Å². The molecule has 0 nitrogen and oxygen atoms in total. The fourth-order valence-electron chi connectivity index (χ4n) is 1.57. The summed E-state index contributed by atoms with van der Waals surface area (Å²) in [5, 5.41) is -0.928. The zero-order valence-corrected chi connectivity index (χ0v) is 12.1. The standard InChI is InChI=1S/C12H15BF4Si/c1-12(2,3)18(4,5)11-9(16)7(14)6(13)8(15)10(11)17/h1-5H3. The molecule has 0 N–H and O–H groups in total. The van der Waals surface area contributed by atoms with Crippen LogP contribution in [0.2, 0.25) is 18.1 Å². The molecule has 18 heavy (non-hydrogen) atoms. The highest BCUT2D eigenvalue weighted by atomic mass is 28.3. The van der Waals surface area contributed by atoms with Crippen LogP contribution in [0.15, 0.2) is 0 Å². The zero-order valence-electron chi connectivity index (χ0n) is 11.1. The van der Waals surface area contributed by atoms with Gasteiger partial charge in [-0.15, -0.1) is 0 Å². The van der Waals surface area contributed by atoms with Gasteiger partial charge in [0.2, 0.25) is 0 Å². The summed E-state index contributed by atoms with van der Waals surface area (Å²) in [6.07, 6.45) is 0. The number of halogens is 4. The molecule has 1 rings (SSSR count). The Morgan fingerprint density at radius 1 is 0.833 bits per heavy atom. The molecule has 0 saturated carbocycles. The fourth-order valence-corrected chi connectivity index (χ4v) is 3.64. The van der Waals surface area contributed by atoms with Crippen LogP contribution in [0.1, 0.15) is 20.8 Å². The highest BCUT2D eigenvalue weighted by Crippen LogP contribution is 2.36. The molecule has 0 fully saturated rings. The lowest BCUT2D eigenvalue weighted by Crippen LogP contribution is -2.54. The van der Waals surface area contributed by atoms with Crippen LogP contribution in [0.25, 0.3) is 0 Å². The second-order valence-corrected chi connectivity index (χ2v) is 11.2. The Hall–Kier alpha value is -0.778. The molecule has 0 spiro atoms. The molecule has 0 saturated heterocycles. The van der Waals surface area contributed by atoms with Gasteiger partial charge in [-0.3, -0.25) is 0 Å². The van der Waals surface area contributed by atoms with Crippen LogP contribution in [0.4, 0.5) is 17.6 Å². The summed E-state index contributed by atoms with van der Waals surface area (Å²) in [4.78, 5) is 0. The molecule has 0 unspecified atom stereocenters. The molecule has 0 bridgehead atoms. The minimum atomic E-state index is -2.74. The molecule has 2 radical (unpaired) electrons. The van der Waals surface area contributed by atoms with E-state index in [0.29, 0.717) is 0 Å². The fraction of sp³-hybridized carbons (Fsp3) is 0.500. The Morgan fingerprint density at radius 2 is 1.17 bits per heavy atom. The van der Waals surface area contributed by atoms with Gasteiger partial charge in [0.25, 0.3) is 0 Å². The van der Waals surface area contributed by atoms with E-state index in [9.17, 15) is 17.6 Å². The van der Waals surface area contributed by atoms with Crippen LogP contribution < -0.4 is 10.6 Å². The maximum Gasteiger partial charge on any atom is 0.160 e. The van der Waals surface area contributed by atoms with Gasteiger partial charge >= 0.3 is 0 Å². The molecule has 0 heterocycles. The van der Waals surface area contributed by atoms with Crippen LogP contribution in [0, 0.1) is 23.3 Å². The largest absolute Gasteiger partial charge is 0.204 e. The van der Waals surface area contributed by atoms with Gasteiger partial charge in [0.1, 0.15) is 7.85 Å². The average Bonchev–Trinajstić information content (AvgIpc) is 2.22. The molecular weight excluding hydrogens is 259 g/mol. The third kappa shape index (κ3) is 2.11. The van der Waals surface area contributed by atoms with Crippen molar-refractivity contribution in [1.82, 2.24) is 0 Å². The summed E-state index contributed by atoms with van der Waals surface area (Å²) in [6.45, 7) is 8.73. The van der Waals surface area contributed by atoms with E-state index in [1.807, 2.05) is 0 Å². The number of hydrogen-bond acceptors (Lipinski definition) is 0. The molecule has 0 aromatic heterocycles. The van der Waals surface area contributed by atoms with Gasteiger partial charge in [-0.2, -0.15) is 0 Å². The predicted molar refractivity (Wildman–Crippen MR) is 68.5 cm³/mol. The van der Waals surface area contributed by atoms with Crippen molar-refractivity contribution in [3.63, 3.8) is 0 Å². The van der Waals surface area contributed by atoms with Crippen molar-refractivity contribution in [3.8, 4) is 0 Å². The van der Waals surface area contributed by atoms with Gasteiger partial charge < -0.3 is 0 Å². The normalized spacial score (nSPS) is 12.9. The summed E-state index contributed by atoms with van der Waals surface area (Å²) >= 11 is 0. The Kier molecular flexibility index (Phi) is 3.74. The molecule has 98 valence electrons. The third-order valence-corrected chi connectivity index (χ3v) is 9.24. The summed E-state index contributed by atoms with van der Waals surface area (Å²) in [7, 11) is 2.25. The van der Waals surface area contributed by atoms with Crippen LogP contribution in [0.5, 0.6) is 0 Å². The van der Waals surface area contributed by atoms with Crippen molar-refractivity contribution in [2.75, 3.05) is 0 Å². The predicted octanol–water partition coefficient (Wildman–Crippen LogP) is 2.75. The van der Waals surface area contributed by atoms with Crippen molar-refractivity contribution in [3.05, 3.63) is 23.3 Å². The van der Waals surface area contributed by atoms with E-state index in [-0.39, 0.29) is 0 Å². The van der Waals surface area contributed by atoms with Crippen LogP contribution in [-0.2, 0) is 0 Å². The van der Waals surface area contributed by atoms with E-state index < -0.39 is 47.0 Å². The lowest BCUT2D eigenvalue weighted by molar-refractivity contribution is 0.471. The van der Waals surface area contributed by atoms with Crippen molar-refractivity contribution in [1.29, 1.82) is 0 Å². The van der Waals surface area contributed by atoms with E-state index in [4.69, 9.17) is 7.85 Å². The lowest BCUT2D eigenvalue weighted by Gasteiger charge is -2.37. The first-order valence-corrected chi connectivity index (χ1v) is 8.54. The maximum absolute atomic E-state index is 13.9. The topological polar surface area (TPSA) is 0 Å². The molecular formula is C12H15BF4Si. The first-order valence-electron chi connectivity index (χ1n) is 5.54. The van der Waals surface area contributed by atoms with Crippen LogP contribution in [0.3, 0.4) is 0 Å². The summed E-state index contributed by atoms with van der Waals surface area (Å²) in [5.74, 6) is -5.74. The molecule has 0 atom stereocenters. The van der Waals surface area contributed by atoms with Crippen LogP contribution in [-0.4, -0.2) is 15.9 Å². The van der Waals surface area contributed by atoms with Gasteiger partial charge in [0.05, 0.1) is 8.07 Å². The number of benzene rings is 1. The van der Waals surface area contributed by atoms with Crippen molar-refractivity contribution in [2.24, 2.45) is 0 Å². The zero-order chi connectivity index (χ0) is 14.5. The van der Waals surface area contributed by atoms with Crippen molar-refractivity contribution < 1.29 is 17.6 Å². The summed E-state index contributed by atoms with van der Waals surface area (Å²) in [5.41, 5.74) is -1.10. The van der Waals surface area contributed by atoms with Gasteiger partial charge in [0, 0.05) is 5.19 Å². The van der Waals surface area contributed by atoms with Gasteiger partial charge in [-0.05, 0) is 10.5 Å². The quantitative estimate of drug-likeness (QED) is 0.419. The van der Waals surface area contributed by atoms with Crippen molar-refractivity contribution in [2.45, 2.75) is 38.9 Å². The third-order valence-electron chi connectivity index (χ3n) is 3.80. The minimum absolute atomic E-state index is 0.455. The average molecular weight is 274 g/mol. The monoisotopic (exact) mass is 274 g/mol. The first-order chi connectivity index (χ1) is 7.93. The minimum Gasteiger partial charge on any atom is -0.204 e. The number of hydrogen-bond donors (Lipinski definition) is 0. The smallest absolute Gasteiger partial charge is 0.160 e. The maximum atomic E-state index is 13.9. The molecule has 1 aromatic carbocycles. The molecule has 0 amide bonds. The van der Waals surface area contributed by atoms with Crippen LogP contribution >= 0.6 is 0 Å². The summed E-state index contributed by atoms with van der Waals surface area (Å²) in [6, 6.07) is 0. The van der Waals surface area contributed by atoms with E-state index in [1.54, 1.807) is 33.9 Å². The van der Waals surface area contributed by atoms with E-state index in [0.717, 1.165) is 0 Å². The molecule has 0 aliphatic heterocycles.